The van der Waals surface area contributed by atoms with Crippen LogP contribution in [0.3, 0.4) is 0 Å². The first-order valence-corrected chi connectivity index (χ1v) is 15.4. The van der Waals surface area contributed by atoms with Crippen LogP contribution in [0, 0.1) is 0 Å². The van der Waals surface area contributed by atoms with Gasteiger partial charge in [-0.15, -0.1) is 0 Å². The van der Waals surface area contributed by atoms with E-state index in [4.69, 9.17) is 4.55 Å². The van der Waals surface area contributed by atoms with E-state index in [-0.39, 0.29) is 5.48 Å². The summed E-state index contributed by atoms with van der Waals surface area (Å²) in [4.78, 5) is 0. The second-order valence-electron chi connectivity index (χ2n) is 7.88. The van der Waals surface area contributed by atoms with Crippen LogP contribution >= 0.6 is 7.26 Å². The Labute approximate surface area is 187 Å². The van der Waals surface area contributed by atoms with Crippen molar-refractivity contribution >= 4 is 23.5 Å². The number of benzene rings is 1. The predicted octanol–water partition coefficient (Wildman–Crippen LogP) is 7.57. The van der Waals surface area contributed by atoms with Crippen LogP contribution in [-0.2, 0) is 10.1 Å². The summed E-state index contributed by atoms with van der Waals surface area (Å²) in [5.74, 6) is 0. The van der Waals surface area contributed by atoms with Crippen molar-refractivity contribution < 1.29 is 18.4 Å². The van der Waals surface area contributed by atoms with Crippen LogP contribution in [-0.4, -0.2) is 43.1 Å². The molecule has 0 saturated heterocycles. The van der Waals surface area contributed by atoms with E-state index in [1.165, 1.54) is 57.4 Å². The van der Waals surface area contributed by atoms with E-state index in [0.717, 1.165) is 11.0 Å². The lowest BCUT2D eigenvalue weighted by atomic mass is 10.2. The van der Waals surface area contributed by atoms with Gasteiger partial charge in [-0.2, -0.15) is 8.42 Å². The highest BCUT2D eigenvalue weighted by atomic mass is 32.2. The third-order valence-corrected chi connectivity index (χ3v) is 10.7. The second kappa shape index (κ2) is 19.0. The number of hydrogen-bond acceptors (Lipinski definition) is 3. The van der Waals surface area contributed by atoms with Gasteiger partial charge < -0.3 is 5.48 Å². The fraction of sp³-hybridized carbons (Fsp3) is 0.667. The topological polar surface area (TPSA) is 84.4 Å². The summed E-state index contributed by atoms with van der Waals surface area (Å²) in [5.41, 5.74) is 0.732. The van der Waals surface area contributed by atoms with Gasteiger partial charge in [-0.05, 0) is 37.3 Å². The second-order valence-corrected chi connectivity index (χ2v) is 13.7. The molecule has 0 atom stereocenters. The molecule has 4 nitrogen and oxygen atoms in total. The monoisotopic (exact) mass is 460 g/mol. The highest BCUT2D eigenvalue weighted by Crippen LogP contribution is 2.61. The maximum absolute atomic E-state index is 10.3. The SMILES string of the molecule is CCCC[P+](CCCC)(CCCC)CCCC.O=S(=O)(O)C=Cc1ccccc1.[OH-]. The normalized spacial score (nSPS) is 11.6. The molecule has 176 valence electrons. The molecule has 0 aliphatic heterocycles. The molecule has 0 radical (unpaired) electrons. The molecule has 30 heavy (non-hydrogen) atoms. The maximum Gasteiger partial charge on any atom is 0.287 e. The largest absolute Gasteiger partial charge is 0.870 e. The molecule has 0 bridgehead atoms. The van der Waals surface area contributed by atoms with E-state index in [9.17, 15) is 8.42 Å². The van der Waals surface area contributed by atoms with Crippen LogP contribution in [0.25, 0.3) is 6.08 Å². The first-order valence-electron chi connectivity index (χ1n) is 11.4. The first-order chi connectivity index (χ1) is 13.8. The molecule has 0 aliphatic carbocycles. The molecule has 1 aromatic carbocycles. The van der Waals surface area contributed by atoms with Gasteiger partial charge in [0.05, 0.1) is 30.1 Å². The molecule has 0 fully saturated rings. The molecule has 1 rings (SSSR count). The Bertz CT molecular complexity index is 592. The van der Waals surface area contributed by atoms with Crippen LogP contribution in [0.5, 0.6) is 0 Å². The van der Waals surface area contributed by atoms with Crippen molar-refractivity contribution in [2.75, 3.05) is 24.6 Å². The Morgan fingerprint density at radius 1 is 0.767 bits per heavy atom. The van der Waals surface area contributed by atoms with E-state index >= 15 is 0 Å². The van der Waals surface area contributed by atoms with Crippen molar-refractivity contribution in [3.05, 3.63) is 41.3 Å². The maximum atomic E-state index is 10.3. The summed E-state index contributed by atoms with van der Waals surface area (Å²) >= 11 is 0. The average Bonchev–Trinajstić information content (AvgIpc) is 2.72. The zero-order valence-corrected chi connectivity index (χ0v) is 21.3. The molecule has 0 saturated carbocycles. The number of unbranched alkanes of at least 4 members (excludes halogenated alkanes) is 4. The van der Waals surface area contributed by atoms with E-state index in [0.29, 0.717) is 0 Å². The Kier molecular flexibility index (Phi) is 19.9. The van der Waals surface area contributed by atoms with E-state index in [1.54, 1.807) is 48.9 Å². The molecule has 6 heteroatoms. The van der Waals surface area contributed by atoms with Gasteiger partial charge in [-0.3, -0.25) is 4.55 Å². The molecule has 0 amide bonds. The van der Waals surface area contributed by atoms with Crippen molar-refractivity contribution in [1.29, 1.82) is 0 Å². The van der Waals surface area contributed by atoms with Crippen molar-refractivity contribution in [3.63, 3.8) is 0 Å². The van der Waals surface area contributed by atoms with E-state index < -0.39 is 17.4 Å². The minimum atomic E-state index is -4.00. The van der Waals surface area contributed by atoms with Gasteiger partial charge in [0.1, 0.15) is 0 Å². The van der Waals surface area contributed by atoms with E-state index in [1.807, 2.05) is 6.07 Å². The lowest BCUT2D eigenvalue weighted by Crippen LogP contribution is -2.12. The molecule has 0 heterocycles. The van der Waals surface area contributed by atoms with Crippen LogP contribution in [0.2, 0.25) is 0 Å². The zero-order chi connectivity index (χ0) is 22.0. The molecule has 0 spiro atoms. The Morgan fingerprint density at radius 2 is 1.13 bits per heavy atom. The van der Waals surface area contributed by atoms with Gasteiger partial charge >= 0.3 is 0 Å². The Hall–Kier alpha value is -0.740. The first kappa shape index (κ1) is 31.4. The molecule has 2 N–H and O–H groups in total. The highest BCUT2D eigenvalue weighted by molar-refractivity contribution is 7.88. The van der Waals surface area contributed by atoms with Crippen molar-refractivity contribution in [3.8, 4) is 0 Å². The Morgan fingerprint density at radius 3 is 1.43 bits per heavy atom. The lowest BCUT2D eigenvalue weighted by molar-refractivity contribution is 0.494. The van der Waals surface area contributed by atoms with Gasteiger partial charge in [-0.25, -0.2) is 0 Å². The third kappa shape index (κ3) is 17.0. The van der Waals surface area contributed by atoms with Crippen LogP contribution in [0.15, 0.2) is 35.7 Å². The number of hydrogen-bond donors (Lipinski definition) is 1. The van der Waals surface area contributed by atoms with Gasteiger partial charge in [0.2, 0.25) is 0 Å². The van der Waals surface area contributed by atoms with Crippen molar-refractivity contribution in [2.45, 2.75) is 79.1 Å². The molecule has 0 aromatic heterocycles. The summed E-state index contributed by atoms with van der Waals surface area (Å²) in [6, 6.07) is 8.86. The quantitative estimate of drug-likeness (QED) is 0.229. The minimum Gasteiger partial charge on any atom is -0.870 e. The summed E-state index contributed by atoms with van der Waals surface area (Å²) < 4.78 is 28.9. The zero-order valence-electron chi connectivity index (χ0n) is 19.6. The van der Waals surface area contributed by atoms with Gasteiger partial charge in [0.15, 0.2) is 0 Å². The lowest BCUT2D eigenvalue weighted by Gasteiger charge is -2.28. The fourth-order valence-electron chi connectivity index (χ4n) is 3.37. The van der Waals surface area contributed by atoms with Crippen molar-refractivity contribution in [2.24, 2.45) is 0 Å². The van der Waals surface area contributed by atoms with Gasteiger partial charge in [-0.1, -0.05) is 83.7 Å². The fourth-order valence-corrected chi connectivity index (χ4v) is 8.99. The van der Waals surface area contributed by atoms with Crippen molar-refractivity contribution in [1.82, 2.24) is 0 Å². The third-order valence-electron chi connectivity index (χ3n) is 5.18. The molecule has 0 aliphatic rings. The summed E-state index contributed by atoms with van der Waals surface area (Å²) in [6.07, 6.45) is 19.3. The summed E-state index contributed by atoms with van der Waals surface area (Å²) in [7, 11) is -4.57. The predicted molar refractivity (Wildman–Crippen MR) is 135 cm³/mol. The van der Waals surface area contributed by atoms with Gasteiger partial charge in [0.25, 0.3) is 10.1 Å². The van der Waals surface area contributed by atoms with E-state index in [2.05, 4.69) is 27.7 Å². The smallest absolute Gasteiger partial charge is 0.287 e. The number of rotatable bonds is 14. The summed E-state index contributed by atoms with van der Waals surface area (Å²) in [5, 5.41) is 0.752. The van der Waals surface area contributed by atoms with Crippen LogP contribution in [0.1, 0.15) is 84.6 Å². The molecular formula is C24H45O4PS. The average molecular weight is 461 g/mol. The van der Waals surface area contributed by atoms with Crippen LogP contribution in [0.4, 0.5) is 0 Å². The van der Waals surface area contributed by atoms with Crippen LogP contribution < -0.4 is 0 Å². The minimum absolute atomic E-state index is 0. The Balaban J connectivity index is 0. The highest BCUT2D eigenvalue weighted by Gasteiger charge is 2.34. The molecule has 1 aromatic rings. The molecule has 0 unspecified atom stereocenters. The summed E-state index contributed by atoms with van der Waals surface area (Å²) in [6.45, 7) is 9.42. The van der Waals surface area contributed by atoms with Gasteiger partial charge in [0, 0.05) is 7.26 Å². The molecular weight excluding hydrogens is 415 g/mol. The standard InChI is InChI=1S/C16H36P.C8H8O3S.H2O/c1-5-9-13-17(14-10-6-2,15-11-7-3)16-12-8-4;9-12(10,11)7-6-8-4-2-1-3-5-8;/h5-16H2,1-4H3;1-7H,(H,9,10,11);1H2/q+1;;/p-1.